The van der Waals surface area contributed by atoms with Crippen LogP contribution in [0.25, 0.3) is 31.9 Å². The Morgan fingerprint density at radius 2 is 1.87 bits per heavy atom. The Labute approximate surface area is 185 Å². The molecule has 0 radical (unpaired) electrons. The number of thiazole rings is 1. The highest BCUT2D eigenvalue weighted by molar-refractivity contribution is 7.21. The minimum atomic E-state index is 0.183. The Balaban J connectivity index is 1.40. The van der Waals surface area contributed by atoms with Gasteiger partial charge >= 0.3 is 0 Å². The standard InChI is InChI=1S/C24H24N6S/c1-2-21(30-12-5-6-13-30)28-24-26-15-18(22(25)29-24)16-8-7-9-17(14-16)23-27-19-10-3-4-11-20(19)31-23/h3-11,14-15,21H,2,12-13H2,1H3,(H3,25,26,28,29). The number of nitrogens with one attached hydrogen (secondary N) is 1. The van der Waals surface area contributed by atoms with Crippen molar-refractivity contribution in [3.8, 4) is 21.7 Å². The fraction of sp³-hybridized carbons (Fsp3) is 0.208. The van der Waals surface area contributed by atoms with E-state index in [1.807, 2.05) is 30.3 Å². The molecule has 4 aromatic rings. The Hall–Kier alpha value is -3.29. The molecule has 0 saturated heterocycles. The van der Waals surface area contributed by atoms with Gasteiger partial charge in [-0.3, -0.25) is 4.90 Å². The Kier molecular flexibility index (Phi) is 5.36. The monoisotopic (exact) mass is 428 g/mol. The van der Waals surface area contributed by atoms with Crippen LogP contribution < -0.4 is 11.1 Å². The van der Waals surface area contributed by atoms with Crippen LogP contribution in [0.1, 0.15) is 13.3 Å². The molecule has 0 bridgehead atoms. The van der Waals surface area contributed by atoms with Crippen molar-refractivity contribution >= 4 is 33.3 Å². The Bertz CT molecular complexity index is 1210. The van der Waals surface area contributed by atoms with Gasteiger partial charge in [0.05, 0.1) is 16.4 Å². The van der Waals surface area contributed by atoms with E-state index >= 15 is 0 Å². The highest BCUT2D eigenvalue weighted by atomic mass is 32.1. The third-order valence-electron chi connectivity index (χ3n) is 5.50. The van der Waals surface area contributed by atoms with Crippen LogP contribution in [-0.2, 0) is 0 Å². The third kappa shape index (κ3) is 4.02. The minimum Gasteiger partial charge on any atom is -0.383 e. The van der Waals surface area contributed by atoms with E-state index in [9.17, 15) is 0 Å². The van der Waals surface area contributed by atoms with E-state index in [0.29, 0.717) is 11.8 Å². The number of hydrogen-bond acceptors (Lipinski definition) is 7. The van der Waals surface area contributed by atoms with E-state index in [1.54, 1.807) is 17.5 Å². The molecule has 0 aliphatic carbocycles. The molecule has 0 amide bonds. The van der Waals surface area contributed by atoms with Crippen molar-refractivity contribution in [2.45, 2.75) is 19.5 Å². The lowest BCUT2D eigenvalue weighted by Gasteiger charge is -2.27. The summed E-state index contributed by atoms with van der Waals surface area (Å²) in [5.74, 6) is 1.02. The molecule has 1 aliphatic rings. The van der Waals surface area contributed by atoms with Crippen molar-refractivity contribution in [1.82, 2.24) is 19.9 Å². The largest absolute Gasteiger partial charge is 0.383 e. The summed E-state index contributed by atoms with van der Waals surface area (Å²) in [6.07, 6.45) is 7.30. The number of nitrogens with two attached hydrogens (primary N) is 1. The Morgan fingerprint density at radius 3 is 2.65 bits per heavy atom. The number of aromatic nitrogens is 3. The first-order valence-corrected chi connectivity index (χ1v) is 11.3. The molecule has 1 aliphatic heterocycles. The molecule has 6 nitrogen and oxygen atoms in total. The molecule has 2 aromatic carbocycles. The van der Waals surface area contributed by atoms with Crippen LogP contribution in [0.5, 0.6) is 0 Å². The number of hydrogen-bond donors (Lipinski definition) is 2. The second-order valence-electron chi connectivity index (χ2n) is 7.55. The average Bonchev–Trinajstić information content (AvgIpc) is 3.48. The maximum atomic E-state index is 6.34. The van der Waals surface area contributed by atoms with Crippen molar-refractivity contribution in [1.29, 1.82) is 0 Å². The maximum Gasteiger partial charge on any atom is 0.225 e. The quantitative estimate of drug-likeness (QED) is 0.420. The third-order valence-corrected chi connectivity index (χ3v) is 6.59. The van der Waals surface area contributed by atoms with Crippen molar-refractivity contribution in [3.63, 3.8) is 0 Å². The van der Waals surface area contributed by atoms with Gasteiger partial charge in [-0.15, -0.1) is 11.3 Å². The molecule has 7 heteroatoms. The zero-order valence-corrected chi connectivity index (χ0v) is 18.1. The number of rotatable bonds is 6. The first kappa shape index (κ1) is 19.7. The number of nitrogens with zero attached hydrogens (tertiary/aromatic N) is 4. The second kappa shape index (κ2) is 8.45. The lowest BCUT2D eigenvalue weighted by atomic mass is 10.1. The molecule has 31 heavy (non-hydrogen) atoms. The summed E-state index contributed by atoms with van der Waals surface area (Å²) in [4.78, 5) is 16.2. The fourth-order valence-electron chi connectivity index (χ4n) is 3.85. The number of para-hydroxylation sites is 1. The van der Waals surface area contributed by atoms with E-state index in [-0.39, 0.29) is 6.17 Å². The first-order chi connectivity index (χ1) is 15.2. The second-order valence-corrected chi connectivity index (χ2v) is 8.58. The van der Waals surface area contributed by atoms with Crippen LogP contribution in [0.3, 0.4) is 0 Å². The van der Waals surface area contributed by atoms with Crippen LogP contribution >= 0.6 is 11.3 Å². The van der Waals surface area contributed by atoms with E-state index in [1.165, 1.54) is 4.70 Å². The van der Waals surface area contributed by atoms with Crippen LogP contribution in [0.15, 0.2) is 66.9 Å². The highest BCUT2D eigenvalue weighted by Gasteiger charge is 2.18. The van der Waals surface area contributed by atoms with Gasteiger partial charge in [-0.2, -0.15) is 4.98 Å². The van der Waals surface area contributed by atoms with Gasteiger partial charge in [-0.25, -0.2) is 9.97 Å². The summed E-state index contributed by atoms with van der Waals surface area (Å²) in [7, 11) is 0. The molecular formula is C24H24N6S. The lowest BCUT2D eigenvalue weighted by molar-refractivity contribution is 0.270. The average molecular weight is 429 g/mol. The molecule has 1 unspecified atom stereocenters. The maximum absolute atomic E-state index is 6.34. The van der Waals surface area contributed by atoms with Crippen molar-refractivity contribution < 1.29 is 0 Å². The number of anilines is 2. The molecular weight excluding hydrogens is 404 g/mol. The summed E-state index contributed by atoms with van der Waals surface area (Å²) in [5, 5.41) is 4.41. The summed E-state index contributed by atoms with van der Waals surface area (Å²) < 4.78 is 1.18. The molecule has 156 valence electrons. The molecule has 0 saturated carbocycles. The summed E-state index contributed by atoms with van der Waals surface area (Å²) >= 11 is 1.69. The van der Waals surface area contributed by atoms with Gasteiger partial charge < -0.3 is 11.1 Å². The van der Waals surface area contributed by atoms with E-state index in [0.717, 1.165) is 46.7 Å². The molecule has 3 N–H and O–H groups in total. The first-order valence-electron chi connectivity index (χ1n) is 10.5. The Morgan fingerprint density at radius 1 is 1.06 bits per heavy atom. The van der Waals surface area contributed by atoms with E-state index in [2.05, 4.69) is 57.5 Å². The summed E-state index contributed by atoms with van der Waals surface area (Å²) in [6.45, 7) is 4.04. The van der Waals surface area contributed by atoms with Crippen LogP contribution in [-0.4, -0.2) is 39.1 Å². The van der Waals surface area contributed by atoms with Crippen LogP contribution in [0, 0.1) is 0 Å². The van der Waals surface area contributed by atoms with Gasteiger partial charge in [0.2, 0.25) is 5.95 Å². The summed E-state index contributed by atoms with van der Waals surface area (Å²) in [5.41, 5.74) is 10.2. The lowest BCUT2D eigenvalue weighted by Crippen LogP contribution is -2.39. The van der Waals surface area contributed by atoms with Gasteiger partial charge in [0.25, 0.3) is 0 Å². The zero-order chi connectivity index (χ0) is 21.2. The van der Waals surface area contributed by atoms with Crippen molar-refractivity contribution in [3.05, 3.63) is 66.9 Å². The van der Waals surface area contributed by atoms with Crippen LogP contribution in [0.2, 0.25) is 0 Å². The topological polar surface area (TPSA) is 80.0 Å². The molecule has 1 atom stereocenters. The number of nitrogen functional groups attached to an aromatic ring is 1. The minimum absolute atomic E-state index is 0.183. The van der Waals surface area contributed by atoms with Gasteiger partial charge in [-0.1, -0.05) is 49.4 Å². The number of fused-ring (bicyclic) bond motifs is 1. The molecule has 3 heterocycles. The van der Waals surface area contributed by atoms with Crippen molar-refractivity contribution in [2.24, 2.45) is 0 Å². The van der Waals surface area contributed by atoms with E-state index in [4.69, 9.17) is 10.7 Å². The summed E-state index contributed by atoms with van der Waals surface area (Å²) in [6, 6.07) is 16.4. The smallest absolute Gasteiger partial charge is 0.225 e. The predicted octanol–water partition coefficient (Wildman–Crippen LogP) is 5.02. The van der Waals surface area contributed by atoms with Crippen LogP contribution in [0.4, 0.5) is 11.8 Å². The van der Waals surface area contributed by atoms with Gasteiger partial charge in [0, 0.05) is 30.4 Å². The van der Waals surface area contributed by atoms with Gasteiger partial charge in [-0.05, 0) is 30.2 Å². The van der Waals surface area contributed by atoms with Gasteiger partial charge in [0.15, 0.2) is 0 Å². The zero-order valence-electron chi connectivity index (χ0n) is 17.3. The molecule has 2 aromatic heterocycles. The van der Waals surface area contributed by atoms with E-state index < -0.39 is 0 Å². The molecule has 0 fully saturated rings. The number of benzene rings is 2. The fourth-order valence-corrected chi connectivity index (χ4v) is 4.81. The highest BCUT2D eigenvalue weighted by Crippen LogP contribution is 2.33. The SMILES string of the molecule is CCC(Nc1ncc(-c2cccc(-c3nc4ccccc4s3)c2)c(N)n1)N1CC=CC1. The predicted molar refractivity (Wildman–Crippen MR) is 129 cm³/mol. The van der Waals surface area contributed by atoms with Gasteiger partial charge in [0.1, 0.15) is 10.8 Å². The van der Waals surface area contributed by atoms with Crippen molar-refractivity contribution in [2.75, 3.05) is 24.1 Å². The molecule has 0 spiro atoms. The molecule has 5 rings (SSSR count). The normalized spacial score (nSPS) is 14.9.